The van der Waals surface area contributed by atoms with Gasteiger partial charge in [0.25, 0.3) is 5.56 Å². The molecule has 3 aliphatic rings. The first-order valence-electron chi connectivity index (χ1n) is 13.0. The molecule has 2 aromatic heterocycles. The maximum absolute atomic E-state index is 15.8. The summed E-state index contributed by atoms with van der Waals surface area (Å²) < 4.78 is 74.4. The van der Waals surface area contributed by atoms with Gasteiger partial charge in [-0.15, -0.1) is 12.4 Å². The van der Waals surface area contributed by atoms with Crippen molar-refractivity contribution in [2.75, 3.05) is 42.8 Å². The van der Waals surface area contributed by atoms with Crippen molar-refractivity contribution in [3.63, 3.8) is 0 Å². The van der Waals surface area contributed by atoms with Gasteiger partial charge >= 0.3 is 10.2 Å². The van der Waals surface area contributed by atoms with Gasteiger partial charge in [0, 0.05) is 37.8 Å². The Bertz CT molecular complexity index is 1600. The van der Waals surface area contributed by atoms with Crippen LogP contribution in [0, 0.1) is 17.6 Å². The molecule has 1 aromatic carbocycles. The van der Waals surface area contributed by atoms with Crippen LogP contribution in [0.4, 0.5) is 24.8 Å². The second kappa shape index (κ2) is 11.1. The fourth-order valence-electron chi connectivity index (χ4n) is 5.13. The number of fused-ring (bicyclic) bond motifs is 1. The third-order valence-corrected chi connectivity index (χ3v) is 8.94. The van der Waals surface area contributed by atoms with Crippen LogP contribution in [0.25, 0.3) is 22.2 Å². The van der Waals surface area contributed by atoms with Gasteiger partial charge < -0.3 is 10.6 Å². The molecule has 216 valence electrons. The fraction of sp³-hybridized carbons (Fsp3) is 0.480. The summed E-state index contributed by atoms with van der Waals surface area (Å²) in [5.74, 6) is -1.33. The maximum Gasteiger partial charge on any atom is 0.301 e. The van der Waals surface area contributed by atoms with Crippen LogP contribution < -0.4 is 20.9 Å². The molecule has 0 spiro atoms. The van der Waals surface area contributed by atoms with E-state index in [0.717, 1.165) is 35.8 Å². The molecule has 15 heteroatoms. The molecule has 1 saturated carbocycles. The van der Waals surface area contributed by atoms with E-state index in [2.05, 4.69) is 25.3 Å². The largest absolute Gasteiger partial charge is 0.354 e. The normalized spacial score (nSPS) is 21.5. The Kier molecular flexibility index (Phi) is 7.97. The number of hydrogen-bond donors (Lipinski definition) is 3. The summed E-state index contributed by atoms with van der Waals surface area (Å²) >= 11 is 0. The number of anilines is 2. The molecule has 10 nitrogen and oxygen atoms in total. The number of pyridine rings is 1. The lowest BCUT2D eigenvalue weighted by atomic mass is 10.0. The minimum Gasteiger partial charge on any atom is -0.354 e. The van der Waals surface area contributed by atoms with Gasteiger partial charge in [0.1, 0.15) is 17.6 Å². The van der Waals surface area contributed by atoms with E-state index in [0.29, 0.717) is 42.4 Å². The van der Waals surface area contributed by atoms with Gasteiger partial charge in [-0.3, -0.25) is 14.1 Å². The van der Waals surface area contributed by atoms with Gasteiger partial charge in [0.15, 0.2) is 5.82 Å². The number of nitrogens with one attached hydrogen (secondary N) is 3. The Balaban J connectivity index is 0.00000323. The predicted molar refractivity (Wildman–Crippen MR) is 148 cm³/mol. The first-order valence-corrected chi connectivity index (χ1v) is 14.4. The molecule has 2 unspecified atom stereocenters. The number of aromatic nitrogens is 3. The third kappa shape index (κ3) is 5.49. The molecule has 1 aliphatic carbocycles. The van der Waals surface area contributed by atoms with Gasteiger partial charge in [-0.25, -0.2) is 18.2 Å². The molecule has 2 aliphatic heterocycles. The maximum atomic E-state index is 15.8. The van der Waals surface area contributed by atoms with Crippen molar-refractivity contribution in [3.05, 3.63) is 46.4 Å². The SMILES string of the molecule is Cl.O=c1c(-c2c(F)ccc(NS(=O)(=O)N3CCC(F)C3)c2F)cc2cnc(NCC3CC3)nc2n1C1CCNC1. The van der Waals surface area contributed by atoms with Crippen LogP contribution in [0.5, 0.6) is 0 Å². The van der Waals surface area contributed by atoms with Crippen molar-refractivity contribution >= 4 is 45.3 Å². The summed E-state index contributed by atoms with van der Waals surface area (Å²) in [6.07, 6.45) is 3.12. The van der Waals surface area contributed by atoms with Crippen LogP contribution in [-0.4, -0.2) is 66.2 Å². The summed E-state index contributed by atoms with van der Waals surface area (Å²) in [7, 11) is -4.30. The van der Waals surface area contributed by atoms with E-state index in [9.17, 15) is 17.6 Å². The highest BCUT2D eigenvalue weighted by Crippen LogP contribution is 2.33. The molecule has 4 heterocycles. The monoisotopic (exact) mass is 599 g/mol. The van der Waals surface area contributed by atoms with Crippen LogP contribution in [0.3, 0.4) is 0 Å². The van der Waals surface area contributed by atoms with Gasteiger partial charge in [-0.2, -0.15) is 17.7 Å². The zero-order valence-corrected chi connectivity index (χ0v) is 23.0. The van der Waals surface area contributed by atoms with Gasteiger partial charge in [0.2, 0.25) is 5.95 Å². The smallest absolute Gasteiger partial charge is 0.301 e. The summed E-state index contributed by atoms with van der Waals surface area (Å²) in [6, 6.07) is 2.86. The Morgan fingerprint density at radius 3 is 2.62 bits per heavy atom. The van der Waals surface area contributed by atoms with E-state index in [-0.39, 0.29) is 43.5 Å². The molecule has 3 fully saturated rings. The lowest BCUT2D eigenvalue weighted by Crippen LogP contribution is -2.34. The average Bonchev–Trinajstić information content (AvgIpc) is 3.36. The molecule has 2 saturated heterocycles. The third-order valence-electron chi connectivity index (χ3n) is 7.45. The van der Waals surface area contributed by atoms with E-state index < -0.39 is 44.8 Å². The van der Waals surface area contributed by atoms with Crippen molar-refractivity contribution in [2.45, 2.75) is 37.9 Å². The second-order valence-corrected chi connectivity index (χ2v) is 12.0. The van der Waals surface area contributed by atoms with Crippen molar-refractivity contribution in [2.24, 2.45) is 5.92 Å². The molecule has 0 radical (unpaired) electrons. The van der Waals surface area contributed by atoms with Crippen molar-refractivity contribution in [3.8, 4) is 11.1 Å². The minimum atomic E-state index is -4.30. The molecule has 0 bridgehead atoms. The lowest BCUT2D eigenvalue weighted by molar-refractivity contribution is 0.343. The number of halogens is 4. The summed E-state index contributed by atoms with van der Waals surface area (Å²) in [4.78, 5) is 22.7. The van der Waals surface area contributed by atoms with Gasteiger partial charge in [-0.1, -0.05) is 0 Å². The van der Waals surface area contributed by atoms with Crippen LogP contribution in [-0.2, 0) is 10.2 Å². The number of rotatable bonds is 8. The Labute approximate surface area is 235 Å². The number of alkyl halides is 1. The van der Waals surface area contributed by atoms with Crippen LogP contribution >= 0.6 is 12.4 Å². The topological polar surface area (TPSA) is 121 Å². The Morgan fingerprint density at radius 1 is 1.15 bits per heavy atom. The molecule has 6 rings (SSSR count). The number of benzene rings is 1. The zero-order valence-electron chi connectivity index (χ0n) is 21.4. The van der Waals surface area contributed by atoms with E-state index >= 15 is 8.78 Å². The quantitative estimate of drug-likeness (QED) is 0.364. The lowest BCUT2D eigenvalue weighted by Gasteiger charge is -2.20. The summed E-state index contributed by atoms with van der Waals surface area (Å²) in [6.45, 7) is 1.45. The van der Waals surface area contributed by atoms with Gasteiger partial charge in [-0.05, 0) is 56.3 Å². The highest BCUT2D eigenvalue weighted by Gasteiger charge is 2.33. The van der Waals surface area contributed by atoms with E-state index in [4.69, 9.17) is 0 Å². The zero-order chi connectivity index (χ0) is 27.3. The van der Waals surface area contributed by atoms with Crippen molar-refractivity contribution < 1.29 is 21.6 Å². The predicted octanol–water partition coefficient (Wildman–Crippen LogP) is 3.22. The molecule has 3 N–H and O–H groups in total. The Morgan fingerprint density at radius 2 is 1.95 bits per heavy atom. The molecule has 3 aromatic rings. The highest BCUT2D eigenvalue weighted by atomic mass is 35.5. The Hall–Kier alpha value is -2.94. The standard InChI is InChI=1S/C25H28F3N7O3S.ClH/c26-16-6-8-34(13-16)39(37,38)33-20-4-3-19(27)21(22(20)28)18-9-15-11-31-25(30-10-14-1-2-14)32-23(15)35(24(18)36)17-5-7-29-12-17;/h3-4,9,11,14,16-17,29,33H,1-2,5-8,10,12-13H2,(H,30,31,32);1H. The van der Waals surface area contributed by atoms with Crippen LogP contribution in [0.2, 0.25) is 0 Å². The van der Waals surface area contributed by atoms with E-state index in [1.165, 1.54) is 16.8 Å². The number of hydrogen-bond acceptors (Lipinski definition) is 7. The summed E-state index contributed by atoms with van der Waals surface area (Å²) in [5, 5.41) is 6.79. The average molecular weight is 600 g/mol. The molecule has 0 amide bonds. The van der Waals surface area contributed by atoms with Crippen molar-refractivity contribution in [1.29, 1.82) is 0 Å². The number of nitrogens with zero attached hydrogens (tertiary/aromatic N) is 4. The molecule has 2 atom stereocenters. The first kappa shape index (κ1) is 28.6. The van der Waals surface area contributed by atoms with E-state index in [1.807, 2.05) is 0 Å². The van der Waals surface area contributed by atoms with E-state index in [1.54, 1.807) is 0 Å². The fourth-order valence-corrected chi connectivity index (χ4v) is 6.40. The minimum absolute atomic E-state index is 0. The van der Waals surface area contributed by atoms with Crippen molar-refractivity contribution in [1.82, 2.24) is 24.2 Å². The molecule has 40 heavy (non-hydrogen) atoms. The second-order valence-electron chi connectivity index (χ2n) is 10.3. The van der Waals surface area contributed by atoms with Gasteiger partial charge in [0.05, 0.1) is 22.9 Å². The highest BCUT2D eigenvalue weighted by molar-refractivity contribution is 7.90. The van der Waals surface area contributed by atoms with Crippen LogP contribution in [0.1, 0.15) is 31.7 Å². The first-order chi connectivity index (χ1) is 18.7. The molecular formula is C25H29ClF3N7O3S. The van der Waals surface area contributed by atoms with Crippen LogP contribution in [0.15, 0.2) is 29.2 Å². The molecular weight excluding hydrogens is 571 g/mol. The summed E-state index contributed by atoms with van der Waals surface area (Å²) in [5.41, 5.74) is -1.79.